The number of fused-ring (bicyclic) bond motifs is 1. The van der Waals surface area contributed by atoms with E-state index in [0.29, 0.717) is 17.8 Å². The Morgan fingerprint density at radius 1 is 1.47 bits per heavy atom. The summed E-state index contributed by atoms with van der Waals surface area (Å²) in [6.45, 7) is 4.10. The van der Waals surface area contributed by atoms with Gasteiger partial charge < -0.3 is 14.3 Å². The molecule has 2 unspecified atom stereocenters. The average Bonchev–Trinajstić information content (AvgIpc) is 2.73. The van der Waals surface area contributed by atoms with Crippen molar-refractivity contribution in [1.29, 1.82) is 0 Å². The van der Waals surface area contributed by atoms with Crippen molar-refractivity contribution in [2.45, 2.75) is 26.1 Å². The fourth-order valence-electron chi connectivity index (χ4n) is 1.78. The van der Waals surface area contributed by atoms with Crippen molar-refractivity contribution in [3.63, 3.8) is 0 Å². The molecule has 4 heteroatoms. The molecule has 0 aliphatic carbocycles. The van der Waals surface area contributed by atoms with E-state index in [2.05, 4.69) is 0 Å². The molecular weight excluding hydrogens is 223 g/mol. The molecule has 92 valence electrons. The minimum atomic E-state index is -0.887. The Labute approximate surface area is 98.8 Å². The summed E-state index contributed by atoms with van der Waals surface area (Å²) in [5.41, 5.74) is 0.172. The zero-order valence-electron chi connectivity index (χ0n) is 9.81. The lowest BCUT2D eigenvalue weighted by Crippen LogP contribution is -2.18. The minimum Gasteiger partial charge on any atom is -0.455 e. The van der Waals surface area contributed by atoms with E-state index in [1.54, 1.807) is 25.1 Å². The molecule has 0 fully saturated rings. The Hall–Kier alpha value is -1.39. The number of rotatable bonds is 4. The van der Waals surface area contributed by atoms with Gasteiger partial charge in [0.2, 0.25) is 0 Å². The maximum absolute atomic E-state index is 13.4. The lowest BCUT2D eigenvalue weighted by molar-refractivity contribution is -0.0312. The predicted molar refractivity (Wildman–Crippen MR) is 62.2 cm³/mol. The van der Waals surface area contributed by atoms with E-state index in [0.717, 1.165) is 0 Å². The van der Waals surface area contributed by atoms with E-state index in [1.807, 2.05) is 6.92 Å². The number of hydrogen-bond donors (Lipinski definition) is 1. The third-order valence-corrected chi connectivity index (χ3v) is 2.68. The van der Waals surface area contributed by atoms with Gasteiger partial charge in [0.1, 0.15) is 11.9 Å². The fourth-order valence-corrected chi connectivity index (χ4v) is 1.78. The van der Waals surface area contributed by atoms with E-state index in [1.165, 1.54) is 6.07 Å². The maximum Gasteiger partial charge on any atom is 0.170 e. The molecular formula is C13H15FO3. The van der Waals surface area contributed by atoms with Gasteiger partial charge in [0.05, 0.1) is 6.10 Å². The van der Waals surface area contributed by atoms with Gasteiger partial charge in [-0.1, -0.05) is 12.1 Å². The molecule has 17 heavy (non-hydrogen) atoms. The molecule has 0 aliphatic rings. The molecule has 2 rings (SSSR count). The van der Waals surface area contributed by atoms with Crippen LogP contribution >= 0.6 is 0 Å². The number of halogens is 1. The predicted octanol–water partition coefficient (Wildman–Crippen LogP) is 3.03. The van der Waals surface area contributed by atoms with E-state index < -0.39 is 11.9 Å². The van der Waals surface area contributed by atoms with Crippen molar-refractivity contribution in [2.75, 3.05) is 6.61 Å². The summed E-state index contributed by atoms with van der Waals surface area (Å²) in [6, 6.07) is 6.31. The lowest BCUT2D eigenvalue weighted by atomic mass is 10.1. The molecule has 0 amide bonds. The smallest absolute Gasteiger partial charge is 0.170 e. The van der Waals surface area contributed by atoms with Crippen LogP contribution in [0.1, 0.15) is 25.7 Å². The Morgan fingerprint density at radius 3 is 2.88 bits per heavy atom. The topological polar surface area (TPSA) is 42.6 Å². The van der Waals surface area contributed by atoms with Gasteiger partial charge in [-0.25, -0.2) is 4.39 Å². The zero-order chi connectivity index (χ0) is 12.4. The molecule has 1 heterocycles. The van der Waals surface area contributed by atoms with E-state index in [4.69, 9.17) is 9.15 Å². The van der Waals surface area contributed by atoms with Crippen LogP contribution in [-0.4, -0.2) is 17.8 Å². The van der Waals surface area contributed by atoms with E-state index >= 15 is 0 Å². The Morgan fingerprint density at radius 2 is 2.24 bits per heavy atom. The van der Waals surface area contributed by atoms with Crippen LogP contribution in [0.3, 0.4) is 0 Å². The molecule has 0 saturated heterocycles. The van der Waals surface area contributed by atoms with Crippen LogP contribution in [0.5, 0.6) is 0 Å². The van der Waals surface area contributed by atoms with E-state index in [9.17, 15) is 9.50 Å². The average molecular weight is 238 g/mol. The van der Waals surface area contributed by atoms with E-state index in [-0.39, 0.29) is 11.7 Å². The largest absolute Gasteiger partial charge is 0.455 e. The maximum atomic E-state index is 13.4. The molecule has 0 radical (unpaired) electrons. The quantitative estimate of drug-likeness (QED) is 0.890. The van der Waals surface area contributed by atoms with Crippen LogP contribution in [0, 0.1) is 5.82 Å². The van der Waals surface area contributed by atoms with Crippen molar-refractivity contribution < 1.29 is 18.7 Å². The minimum absolute atomic E-state index is 0.172. The van der Waals surface area contributed by atoms with Gasteiger partial charge in [-0.3, -0.25) is 0 Å². The van der Waals surface area contributed by atoms with Crippen molar-refractivity contribution in [3.05, 3.63) is 35.8 Å². The van der Waals surface area contributed by atoms with Gasteiger partial charge in [-0.05, 0) is 26.0 Å². The number of aliphatic hydroxyl groups excluding tert-OH is 1. The second kappa shape index (κ2) is 4.85. The van der Waals surface area contributed by atoms with Crippen LogP contribution < -0.4 is 0 Å². The number of para-hydroxylation sites is 1. The van der Waals surface area contributed by atoms with Gasteiger partial charge in [0, 0.05) is 12.0 Å². The number of ether oxygens (including phenoxy) is 1. The van der Waals surface area contributed by atoms with Gasteiger partial charge in [0.15, 0.2) is 11.4 Å². The molecule has 2 atom stereocenters. The lowest BCUT2D eigenvalue weighted by Gasteiger charge is -2.16. The van der Waals surface area contributed by atoms with Crippen LogP contribution in [-0.2, 0) is 4.74 Å². The summed E-state index contributed by atoms with van der Waals surface area (Å²) >= 11 is 0. The molecule has 2 aromatic rings. The van der Waals surface area contributed by atoms with Gasteiger partial charge in [0.25, 0.3) is 0 Å². The second-order valence-corrected chi connectivity index (χ2v) is 3.91. The number of hydrogen-bond acceptors (Lipinski definition) is 3. The van der Waals surface area contributed by atoms with Crippen molar-refractivity contribution in [2.24, 2.45) is 0 Å². The SMILES string of the molecule is CCOC(C)C(O)c1cc2cccc(F)c2o1. The van der Waals surface area contributed by atoms with Crippen molar-refractivity contribution >= 4 is 11.0 Å². The molecule has 1 N–H and O–H groups in total. The van der Waals surface area contributed by atoms with Crippen LogP contribution in [0.15, 0.2) is 28.7 Å². The highest BCUT2D eigenvalue weighted by Gasteiger charge is 2.21. The highest BCUT2D eigenvalue weighted by molar-refractivity contribution is 5.78. The molecule has 3 nitrogen and oxygen atoms in total. The molecule has 0 bridgehead atoms. The summed E-state index contributed by atoms with van der Waals surface area (Å²) in [4.78, 5) is 0. The molecule has 1 aromatic heterocycles. The van der Waals surface area contributed by atoms with Crippen molar-refractivity contribution in [1.82, 2.24) is 0 Å². The Balaban J connectivity index is 2.33. The first-order valence-corrected chi connectivity index (χ1v) is 5.61. The number of benzene rings is 1. The first kappa shape index (κ1) is 12.1. The summed E-state index contributed by atoms with van der Waals surface area (Å²) in [6.07, 6.45) is -1.27. The first-order chi connectivity index (χ1) is 8.13. The number of furan rings is 1. The van der Waals surface area contributed by atoms with Gasteiger partial charge in [-0.15, -0.1) is 0 Å². The van der Waals surface area contributed by atoms with Crippen LogP contribution in [0.25, 0.3) is 11.0 Å². The standard InChI is InChI=1S/C13H15FO3/c1-3-16-8(2)12(15)11-7-9-5-4-6-10(14)13(9)17-11/h4-8,12,15H,3H2,1-2H3. The summed E-state index contributed by atoms with van der Waals surface area (Å²) in [5, 5.41) is 10.6. The molecule has 1 aromatic carbocycles. The summed E-state index contributed by atoms with van der Waals surface area (Å²) in [5.74, 6) is -0.101. The van der Waals surface area contributed by atoms with Crippen LogP contribution in [0.4, 0.5) is 4.39 Å². The fraction of sp³-hybridized carbons (Fsp3) is 0.385. The third kappa shape index (κ3) is 2.33. The Kier molecular flexibility index (Phi) is 3.45. The summed E-state index contributed by atoms with van der Waals surface area (Å²) in [7, 11) is 0. The Bertz CT molecular complexity index is 506. The number of aliphatic hydroxyl groups is 1. The van der Waals surface area contributed by atoms with Crippen molar-refractivity contribution in [3.8, 4) is 0 Å². The highest BCUT2D eigenvalue weighted by atomic mass is 19.1. The summed E-state index contributed by atoms with van der Waals surface area (Å²) < 4.78 is 24.0. The monoisotopic (exact) mass is 238 g/mol. The zero-order valence-corrected chi connectivity index (χ0v) is 9.81. The highest BCUT2D eigenvalue weighted by Crippen LogP contribution is 2.28. The van der Waals surface area contributed by atoms with Crippen LogP contribution in [0.2, 0.25) is 0 Å². The second-order valence-electron chi connectivity index (χ2n) is 3.91. The molecule has 0 aliphatic heterocycles. The van der Waals surface area contributed by atoms with Gasteiger partial charge >= 0.3 is 0 Å². The molecule has 0 saturated carbocycles. The molecule has 0 spiro atoms. The first-order valence-electron chi connectivity index (χ1n) is 5.61. The normalized spacial score (nSPS) is 15.1. The van der Waals surface area contributed by atoms with Gasteiger partial charge in [-0.2, -0.15) is 0 Å². The third-order valence-electron chi connectivity index (χ3n) is 2.68.